The van der Waals surface area contributed by atoms with E-state index < -0.39 is 10.2 Å². The summed E-state index contributed by atoms with van der Waals surface area (Å²) in [5.41, 5.74) is 0. The molecule has 4 fully saturated rings. The SMILES string of the molecule is Cl.O=S(=O)(N1CCC2CCC(C1)N2)N1CC2CCC1C2. The van der Waals surface area contributed by atoms with Crippen molar-refractivity contribution >= 4 is 22.6 Å². The average Bonchev–Trinajstić information content (AvgIpc) is 3.04. The summed E-state index contributed by atoms with van der Waals surface area (Å²) in [5.74, 6) is 0.626. The molecule has 1 aliphatic carbocycles. The molecule has 0 aromatic carbocycles. The Kier molecular flexibility index (Phi) is 4.05. The maximum absolute atomic E-state index is 12.8. The predicted molar refractivity (Wildman–Crippen MR) is 80.1 cm³/mol. The van der Waals surface area contributed by atoms with Gasteiger partial charge in [0.05, 0.1) is 0 Å². The summed E-state index contributed by atoms with van der Waals surface area (Å²) >= 11 is 0. The van der Waals surface area contributed by atoms with Gasteiger partial charge in [-0.1, -0.05) is 0 Å². The lowest BCUT2D eigenvalue weighted by molar-refractivity contribution is 0.287. The fourth-order valence-electron chi connectivity index (χ4n) is 4.43. The van der Waals surface area contributed by atoms with Gasteiger partial charge in [-0.25, -0.2) is 0 Å². The van der Waals surface area contributed by atoms with Crippen LogP contribution in [-0.4, -0.2) is 54.8 Å². The van der Waals surface area contributed by atoms with Crippen LogP contribution in [0.3, 0.4) is 0 Å². The number of halogens is 1. The van der Waals surface area contributed by atoms with E-state index in [1.54, 1.807) is 8.61 Å². The second-order valence-corrected chi connectivity index (χ2v) is 8.58. The van der Waals surface area contributed by atoms with Gasteiger partial charge in [0.25, 0.3) is 10.2 Å². The third kappa shape index (κ3) is 2.39. The zero-order valence-electron chi connectivity index (χ0n) is 11.7. The Labute approximate surface area is 127 Å². The van der Waals surface area contributed by atoms with E-state index >= 15 is 0 Å². The van der Waals surface area contributed by atoms with Crippen LogP contribution in [0.5, 0.6) is 0 Å². The van der Waals surface area contributed by atoms with Crippen LogP contribution < -0.4 is 5.32 Å². The first-order valence-corrected chi connectivity index (χ1v) is 9.05. The Morgan fingerprint density at radius 1 is 0.950 bits per heavy atom. The van der Waals surface area contributed by atoms with Crippen LogP contribution in [-0.2, 0) is 10.2 Å². The molecule has 1 N–H and O–H groups in total. The molecule has 0 aromatic heterocycles. The van der Waals surface area contributed by atoms with Gasteiger partial charge in [0, 0.05) is 37.8 Å². The lowest BCUT2D eigenvalue weighted by Gasteiger charge is -2.33. The first-order chi connectivity index (χ1) is 9.13. The lowest BCUT2D eigenvalue weighted by Crippen LogP contribution is -2.49. The average molecular weight is 322 g/mol. The third-order valence-corrected chi connectivity index (χ3v) is 7.49. The van der Waals surface area contributed by atoms with Gasteiger partial charge in [0.1, 0.15) is 0 Å². The molecule has 4 bridgehead atoms. The monoisotopic (exact) mass is 321 g/mol. The van der Waals surface area contributed by atoms with Crippen LogP contribution in [0.1, 0.15) is 38.5 Å². The Morgan fingerprint density at radius 2 is 1.75 bits per heavy atom. The van der Waals surface area contributed by atoms with Crippen LogP contribution in [0.4, 0.5) is 0 Å². The van der Waals surface area contributed by atoms with E-state index in [9.17, 15) is 8.42 Å². The molecule has 0 aromatic rings. The molecule has 1 saturated carbocycles. The molecule has 3 aliphatic heterocycles. The maximum Gasteiger partial charge on any atom is 0.282 e. The van der Waals surface area contributed by atoms with Gasteiger partial charge >= 0.3 is 0 Å². The van der Waals surface area contributed by atoms with Crippen LogP contribution >= 0.6 is 12.4 Å². The highest BCUT2D eigenvalue weighted by atomic mass is 35.5. The molecule has 5 nitrogen and oxygen atoms in total. The van der Waals surface area contributed by atoms with Crippen molar-refractivity contribution in [3.63, 3.8) is 0 Å². The molecule has 0 spiro atoms. The van der Waals surface area contributed by atoms with Crippen molar-refractivity contribution in [2.24, 2.45) is 5.92 Å². The molecular weight excluding hydrogens is 298 g/mol. The number of hydrogen-bond acceptors (Lipinski definition) is 3. The minimum Gasteiger partial charge on any atom is -0.310 e. The summed E-state index contributed by atoms with van der Waals surface area (Å²) in [7, 11) is -3.21. The molecule has 20 heavy (non-hydrogen) atoms. The van der Waals surface area contributed by atoms with E-state index in [-0.39, 0.29) is 12.4 Å². The number of nitrogens with one attached hydrogen (secondary N) is 1. The molecule has 3 saturated heterocycles. The molecule has 3 heterocycles. The van der Waals surface area contributed by atoms with E-state index in [4.69, 9.17) is 0 Å². The molecule has 4 rings (SSSR count). The molecule has 116 valence electrons. The van der Waals surface area contributed by atoms with Crippen molar-refractivity contribution in [3.05, 3.63) is 0 Å². The van der Waals surface area contributed by atoms with E-state index in [1.165, 1.54) is 12.8 Å². The van der Waals surface area contributed by atoms with Crippen LogP contribution in [0, 0.1) is 5.92 Å². The van der Waals surface area contributed by atoms with E-state index in [0.29, 0.717) is 37.1 Å². The van der Waals surface area contributed by atoms with Gasteiger partial charge in [0.15, 0.2) is 0 Å². The van der Waals surface area contributed by atoms with Crippen molar-refractivity contribution in [1.29, 1.82) is 0 Å². The van der Waals surface area contributed by atoms with Crippen molar-refractivity contribution in [1.82, 2.24) is 13.9 Å². The molecule has 4 aliphatic rings. The summed E-state index contributed by atoms with van der Waals surface area (Å²) in [6.45, 7) is 2.14. The predicted octanol–water partition coefficient (Wildman–Crippen LogP) is 0.964. The topological polar surface area (TPSA) is 52.7 Å². The van der Waals surface area contributed by atoms with Crippen molar-refractivity contribution in [3.8, 4) is 0 Å². The summed E-state index contributed by atoms with van der Waals surface area (Å²) in [6.07, 6.45) is 6.70. The number of rotatable bonds is 2. The lowest BCUT2D eigenvalue weighted by atomic mass is 10.1. The van der Waals surface area contributed by atoms with Gasteiger partial charge in [-0.2, -0.15) is 17.0 Å². The number of nitrogens with zero attached hydrogens (tertiary/aromatic N) is 2. The Hall–Kier alpha value is 0.120. The summed E-state index contributed by atoms with van der Waals surface area (Å²) < 4.78 is 29.2. The van der Waals surface area contributed by atoms with Crippen LogP contribution in [0.15, 0.2) is 0 Å². The molecule has 4 atom stereocenters. The fourth-order valence-corrected chi connectivity index (χ4v) is 6.40. The van der Waals surface area contributed by atoms with Crippen molar-refractivity contribution in [2.75, 3.05) is 19.6 Å². The van der Waals surface area contributed by atoms with Crippen LogP contribution in [0.25, 0.3) is 0 Å². The second kappa shape index (κ2) is 5.39. The maximum atomic E-state index is 12.8. The summed E-state index contributed by atoms with van der Waals surface area (Å²) in [4.78, 5) is 0. The van der Waals surface area contributed by atoms with Gasteiger partial charge in [-0.05, 0) is 44.4 Å². The highest BCUT2D eigenvalue weighted by molar-refractivity contribution is 7.86. The molecule has 0 amide bonds. The highest BCUT2D eigenvalue weighted by Crippen LogP contribution is 2.40. The minimum atomic E-state index is -3.21. The molecule has 0 radical (unpaired) electrons. The molecule has 7 heteroatoms. The zero-order valence-corrected chi connectivity index (χ0v) is 13.3. The van der Waals surface area contributed by atoms with E-state index in [0.717, 1.165) is 32.2 Å². The van der Waals surface area contributed by atoms with E-state index in [2.05, 4.69) is 5.32 Å². The van der Waals surface area contributed by atoms with E-state index in [1.807, 2.05) is 0 Å². The van der Waals surface area contributed by atoms with Crippen molar-refractivity contribution in [2.45, 2.75) is 56.7 Å². The smallest absolute Gasteiger partial charge is 0.282 e. The molecular formula is C13H24ClN3O2S. The zero-order chi connectivity index (χ0) is 13.0. The summed E-state index contributed by atoms with van der Waals surface area (Å²) in [6, 6.07) is 1.21. The Balaban J connectivity index is 0.00000121. The normalized spacial score (nSPS) is 41.6. The highest BCUT2D eigenvalue weighted by Gasteiger charge is 2.46. The largest absolute Gasteiger partial charge is 0.310 e. The first-order valence-electron chi connectivity index (χ1n) is 7.66. The van der Waals surface area contributed by atoms with Crippen molar-refractivity contribution < 1.29 is 8.42 Å². The molecule has 4 unspecified atom stereocenters. The minimum absolute atomic E-state index is 0. The van der Waals surface area contributed by atoms with Crippen LogP contribution in [0.2, 0.25) is 0 Å². The van der Waals surface area contributed by atoms with Gasteiger partial charge in [-0.15, -0.1) is 12.4 Å². The Bertz CT molecular complexity index is 472. The van der Waals surface area contributed by atoms with Gasteiger partial charge in [0.2, 0.25) is 0 Å². The van der Waals surface area contributed by atoms with Gasteiger partial charge in [-0.3, -0.25) is 0 Å². The summed E-state index contributed by atoms with van der Waals surface area (Å²) in [5, 5.41) is 3.55. The number of fused-ring (bicyclic) bond motifs is 4. The Morgan fingerprint density at radius 3 is 2.45 bits per heavy atom. The third-order valence-electron chi connectivity index (χ3n) is 5.47. The first kappa shape index (κ1) is 15.0. The second-order valence-electron chi connectivity index (χ2n) is 6.69. The fraction of sp³-hybridized carbons (Fsp3) is 1.00. The number of hydrogen-bond donors (Lipinski definition) is 1. The quantitative estimate of drug-likeness (QED) is 0.824. The standard InChI is InChI=1S/C13H23N3O2S.ClH/c17-19(18,16-8-10-1-4-13(16)7-10)15-6-5-11-2-3-12(9-15)14-11;/h10-14H,1-9H2;1H. The van der Waals surface area contributed by atoms with Gasteiger partial charge < -0.3 is 5.32 Å². The number of piperidine rings is 1.